The third kappa shape index (κ3) is 3.60. The van der Waals surface area contributed by atoms with E-state index >= 15 is 0 Å². The quantitative estimate of drug-likeness (QED) is 0.786. The lowest BCUT2D eigenvalue weighted by molar-refractivity contribution is -0.116. The van der Waals surface area contributed by atoms with Crippen LogP contribution < -0.4 is 16.6 Å². The minimum absolute atomic E-state index is 0.141. The number of amides is 1. The van der Waals surface area contributed by atoms with Crippen molar-refractivity contribution in [3.05, 3.63) is 60.4 Å². The maximum Gasteiger partial charge on any atom is 0.331 e. The molecule has 0 atom stereocenters. The van der Waals surface area contributed by atoms with Crippen molar-refractivity contribution < 1.29 is 4.79 Å². The number of hydrogen-bond acceptors (Lipinski definition) is 3. The van der Waals surface area contributed by atoms with Crippen LogP contribution in [0.3, 0.4) is 0 Å². The molecule has 0 aliphatic carbocycles. The first-order valence-electron chi connectivity index (χ1n) is 6.21. The fourth-order valence-electron chi connectivity index (χ4n) is 1.76. The lowest BCUT2D eigenvalue weighted by Gasteiger charge is -2.09. The molecule has 1 aromatic carbocycles. The van der Waals surface area contributed by atoms with Crippen LogP contribution >= 0.6 is 22.6 Å². The fraction of sp³-hybridized carbons (Fsp3) is 0.214. The van der Waals surface area contributed by atoms with E-state index in [1.54, 1.807) is 6.07 Å². The van der Waals surface area contributed by atoms with Crippen LogP contribution in [-0.2, 0) is 18.4 Å². The fourth-order valence-corrected chi connectivity index (χ4v) is 2.28. The van der Waals surface area contributed by atoms with Gasteiger partial charge in [-0.25, -0.2) is 4.79 Å². The lowest BCUT2D eigenvalue weighted by Crippen LogP contribution is -2.38. The highest BCUT2D eigenvalue weighted by Gasteiger charge is 2.08. The highest BCUT2D eigenvalue weighted by atomic mass is 127. The number of nitrogens with zero attached hydrogens (tertiary/aromatic N) is 2. The van der Waals surface area contributed by atoms with E-state index in [0.29, 0.717) is 5.69 Å². The molecule has 110 valence electrons. The molecular formula is C14H14IN3O3. The number of hydrogen-bond donors (Lipinski definition) is 1. The molecule has 0 radical (unpaired) electrons. The number of anilines is 1. The van der Waals surface area contributed by atoms with Crippen molar-refractivity contribution in [1.82, 2.24) is 9.13 Å². The second-order valence-corrected chi connectivity index (χ2v) is 5.80. The Bertz CT molecular complexity index is 808. The van der Waals surface area contributed by atoms with Crippen molar-refractivity contribution >= 4 is 34.2 Å². The van der Waals surface area contributed by atoms with Crippen molar-refractivity contribution in [2.45, 2.75) is 13.5 Å². The number of rotatable bonds is 3. The molecule has 0 spiro atoms. The van der Waals surface area contributed by atoms with E-state index in [1.165, 1.54) is 23.9 Å². The number of nitrogens with one attached hydrogen (secondary N) is 1. The number of carbonyl (C=O) groups is 1. The Kier molecular flexibility index (Phi) is 4.61. The Morgan fingerprint density at radius 2 is 2.00 bits per heavy atom. The first kappa shape index (κ1) is 15.5. The van der Waals surface area contributed by atoms with Crippen LogP contribution in [0, 0.1) is 10.5 Å². The largest absolute Gasteiger partial charge is 0.331 e. The van der Waals surface area contributed by atoms with E-state index in [1.807, 2.05) is 19.1 Å². The van der Waals surface area contributed by atoms with Crippen LogP contribution in [0.1, 0.15) is 5.56 Å². The van der Waals surface area contributed by atoms with E-state index in [-0.39, 0.29) is 12.5 Å². The van der Waals surface area contributed by atoms with Gasteiger partial charge in [0.2, 0.25) is 5.91 Å². The van der Waals surface area contributed by atoms with Crippen LogP contribution in [0.5, 0.6) is 0 Å². The van der Waals surface area contributed by atoms with Gasteiger partial charge >= 0.3 is 5.69 Å². The molecule has 2 aromatic rings. The second kappa shape index (κ2) is 6.25. The van der Waals surface area contributed by atoms with Gasteiger partial charge in [0.1, 0.15) is 6.54 Å². The number of halogens is 1. The topological polar surface area (TPSA) is 73.1 Å². The van der Waals surface area contributed by atoms with Crippen LogP contribution in [-0.4, -0.2) is 15.0 Å². The summed E-state index contributed by atoms with van der Waals surface area (Å²) >= 11 is 2.19. The maximum atomic E-state index is 12.0. The van der Waals surface area contributed by atoms with Crippen molar-refractivity contribution in [2.75, 3.05) is 5.32 Å². The van der Waals surface area contributed by atoms with Gasteiger partial charge in [-0.05, 0) is 47.2 Å². The third-order valence-corrected chi connectivity index (χ3v) is 4.19. The van der Waals surface area contributed by atoms with E-state index in [9.17, 15) is 14.4 Å². The zero-order valence-corrected chi connectivity index (χ0v) is 13.7. The van der Waals surface area contributed by atoms with Crippen molar-refractivity contribution in [3.63, 3.8) is 0 Å². The molecule has 0 fully saturated rings. The van der Waals surface area contributed by atoms with Gasteiger partial charge in [0.05, 0.1) is 0 Å². The third-order valence-electron chi connectivity index (χ3n) is 3.03. The van der Waals surface area contributed by atoms with Crippen LogP contribution in [0.25, 0.3) is 0 Å². The maximum absolute atomic E-state index is 12.0. The van der Waals surface area contributed by atoms with Gasteiger partial charge in [-0.2, -0.15) is 0 Å². The molecule has 0 aliphatic heterocycles. The van der Waals surface area contributed by atoms with Crippen LogP contribution in [0.4, 0.5) is 5.69 Å². The summed E-state index contributed by atoms with van der Waals surface area (Å²) in [6.07, 6.45) is 1.32. The van der Waals surface area contributed by atoms with Crippen molar-refractivity contribution in [2.24, 2.45) is 7.05 Å². The molecule has 7 heteroatoms. The Morgan fingerprint density at radius 3 is 2.67 bits per heavy atom. The number of benzene rings is 1. The van der Waals surface area contributed by atoms with Gasteiger partial charge in [-0.1, -0.05) is 6.07 Å². The minimum atomic E-state index is -0.517. The molecule has 21 heavy (non-hydrogen) atoms. The van der Waals surface area contributed by atoms with Crippen molar-refractivity contribution in [3.8, 4) is 0 Å². The Labute approximate surface area is 134 Å². The molecule has 6 nitrogen and oxygen atoms in total. The summed E-state index contributed by atoms with van der Waals surface area (Å²) in [6, 6.07) is 6.83. The number of carbonyl (C=O) groups excluding carboxylic acids is 1. The molecule has 2 rings (SSSR count). The predicted molar refractivity (Wildman–Crippen MR) is 88.5 cm³/mol. The first-order chi connectivity index (χ1) is 9.88. The normalized spacial score (nSPS) is 10.4. The second-order valence-electron chi connectivity index (χ2n) is 4.64. The van der Waals surface area contributed by atoms with E-state index < -0.39 is 11.2 Å². The summed E-state index contributed by atoms with van der Waals surface area (Å²) in [5.74, 6) is -0.324. The number of aromatic nitrogens is 2. The van der Waals surface area contributed by atoms with E-state index in [4.69, 9.17) is 0 Å². The van der Waals surface area contributed by atoms with Gasteiger partial charge in [0.25, 0.3) is 5.56 Å². The van der Waals surface area contributed by atoms with Crippen LogP contribution in [0.2, 0.25) is 0 Å². The highest BCUT2D eigenvalue weighted by Crippen LogP contribution is 2.16. The van der Waals surface area contributed by atoms with Gasteiger partial charge in [-0.15, -0.1) is 0 Å². The summed E-state index contributed by atoms with van der Waals surface area (Å²) in [6.45, 7) is 1.84. The summed E-state index contributed by atoms with van der Waals surface area (Å²) in [5, 5.41) is 2.73. The smallest absolute Gasteiger partial charge is 0.324 e. The standard InChI is InChI=1S/C14H14IN3O3/c1-9-3-4-10(7-11(9)15)16-12(19)8-18-6-5-13(20)17(2)14(18)21/h3-7H,8H2,1-2H3,(H,16,19). The molecule has 0 unspecified atom stereocenters. The van der Waals surface area contributed by atoms with E-state index in [0.717, 1.165) is 13.7 Å². The molecule has 1 N–H and O–H groups in total. The van der Waals surface area contributed by atoms with Gasteiger partial charge in [0.15, 0.2) is 0 Å². The molecule has 0 saturated carbocycles. The highest BCUT2D eigenvalue weighted by molar-refractivity contribution is 14.1. The summed E-state index contributed by atoms with van der Waals surface area (Å²) in [7, 11) is 1.38. The monoisotopic (exact) mass is 399 g/mol. The summed E-state index contributed by atoms with van der Waals surface area (Å²) in [4.78, 5) is 35.1. The predicted octanol–water partition coefficient (Wildman–Crippen LogP) is 1.10. The molecule has 1 aromatic heterocycles. The molecule has 0 aliphatic rings. The summed E-state index contributed by atoms with van der Waals surface area (Å²) < 4.78 is 3.20. The minimum Gasteiger partial charge on any atom is -0.324 e. The number of aryl methyl sites for hydroxylation is 1. The van der Waals surface area contributed by atoms with Gasteiger partial charge < -0.3 is 5.32 Å². The molecule has 1 heterocycles. The average molecular weight is 399 g/mol. The van der Waals surface area contributed by atoms with Gasteiger partial charge in [-0.3, -0.25) is 18.7 Å². The Hall–Kier alpha value is -1.90. The SMILES string of the molecule is Cc1ccc(NC(=O)Cn2ccc(=O)n(C)c2=O)cc1I. The molecule has 1 amide bonds. The Morgan fingerprint density at radius 1 is 1.29 bits per heavy atom. The van der Waals surface area contributed by atoms with Gasteiger partial charge in [0, 0.05) is 28.6 Å². The first-order valence-corrected chi connectivity index (χ1v) is 7.29. The van der Waals surface area contributed by atoms with E-state index in [2.05, 4.69) is 27.9 Å². The molecule has 0 bridgehead atoms. The molecule has 0 saturated heterocycles. The summed E-state index contributed by atoms with van der Waals surface area (Å²) in [5.41, 5.74) is 0.886. The lowest BCUT2D eigenvalue weighted by atomic mass is 10.2. The molecular weight excluding hydrogens is 385 g/mol. The average Bonchev–Trinajstić information content (AvgIpc) is 2.44. The Balaban J connectivity index is 2.15. The van der Waals surface area contributed by atoms with Crippen LogP contribution in [0.15, 0.2) is 40.1 Å². The zero-order valence-electron chi connectivity index (χ0n) is 11.6. The zero-order chi connectivity index (χ0) is 15.6. The van der Waals surface area contributed by atoms with Crippen molar-refractivity contribution in [1.29, 1.82) is 0 Å².